The maximum atomic E-state index is 11.8. The zero-order valence-corrected chi connectivity index (χ0v) is 17.8. The smallest absolute Gasteiger partial charge is 0.321 e. The Bertz CT molecular complexity index is 1120. The number of hydrogen-bond acceptors (Lipinski definition) is 6. The fourth-order valence-corrected chi connectivity index (χ4v) is 3.91. The maximum Gasteiger partial charge on any atom is 0.321 e. The lowest BCUT2D eigenvalue weighted by Gasteiger charge is -2.15. The van der Waals surface area contributed by atoms with Crippen LogP contribution in [0.3, 0.4) is 0 Å². The average molecular weight is 432 g/mol. The minimum Gasteiger partial charge on any atom is -0.481 e. The summed E-state index contributed by atoms with van der Waals surface area (Å²) in [6, 6.07) is 15.9. The Hall–Kier alpha value is -3.78. The third-order valence-corrected chi connectivity index (χ3v) is 5.55. The molecule has 0 saturated carbocycles. The Balaban J connectivity index is 1.27. The number of nitrogens with zero attached hydrogens (tertiary/aromatic N) is 2. The summed E-state index contributed by atoms with van der Waals surface area (Å²) in [5, 5.41) is 6.30. The van der Waals surface area contributed by atoms with Crippen molar-refractivity contribution in [2.75, 3.05) is 31.9 Å². The van der Waals surface area contributed by atoms with Gasteiger partial charge in [0, 0.05) is 55.3 Å². The number of amides is 2. The fraction of sp³-hybridized carbons (Fsp3) is 0.250. The zero-order valence-electron chi connectivity index (χ0n) is 17.8. The highest BCUT2D eigenvalue weighted by Gasteiger charge is 2.22. The summed E-state index contributed by atoms with van der Waals surface area (Å²) in [5.41, 5.74) is 5.03. The molecule has 8 heteroatoms. The van der Waals surface area contributed by atoms with Gasteiger partial charge in [0.1, 0.15) is 0 Å². The van der Waals surface area contributed by atoms with Crippen LogP contribution in [-0.2, 0) is 13.1 Å². The number of nitrogens with one attached hydrogen (secondary N) is 2. The number of hydrogen-bond donors (Lipinski definition) is 2. The first-order valence-electron chi connectivity index (χ1n) is 10.5. The quantitative estimate of drug-likeness (QED) is 0.596. The molecule has 2 amide bonds. The first-order valence-corrected chi connectivity index (χ1v) is 10.5. The number of urea groups is 1. The van der Waals surface area contributed by atoms with Gasteiger partial charge < -0.3 is 24.8 Å². The van der Waals surface area contributed by atoms with E-state index in [2.05, 4.69) is 21.7 Å². The fourth-order valence-electron chi connectivity index (χ4n) is 3.91. The van der Waals surface area contributed by atoms with E-state index in [4.69, 9.17) is 14.2 Å². The van der Waals surface area contributed by atoms with E-state index in [1.54, 1.807) is 18.2 Å². The first kappa shape index (κ1) is 20.1. The standard InChI is InChI=1S/C24H24N4O4/c1-30-22-7-4-18(14-27-22)20-10-17(11-21-23(20)32-15-31-21)13-25-12-16-2-5-19(6-3-16)28-9-8-26-24(28)29/h2-7,10-11,14,25H,8-9,12-13,15H2,1H3,(H,26,29). The molecule has 0 aliphatic carbocycles. The number of methoxy groups -OCH3 is 1. The van der Waals surface area contributed by atoms with Gasteiger partial charge in [-0.15, -0.1) is 0 Å². The molecule has 164 valence electrons. The van der Waals surface area contributed by atoms with E-state index in [0.29, 0.717) is 32.1 Å². The van der Waals surface area contributed by atoms with Gasteiger partial charge in [0.15, 0.2) is 11.5 Å². The van der Waals surface area contributed by atoms with E-state index >= 15 is 0 Å². The Morgan fingerprint density at radius 2 is 1.94 bits per heavy atom. The van der Waals surface area contributed by atoms with Crippen molar-refractivity contribution in [2.45, 2.75) is 13.1 Å². The lowest BCUT2D eigenvalue weighted by molar-refractivity contribution is 0.174. The molecule has 2 N–H and O–H groups in total. The number of ether oxygens (including phenoxy) is 3. The minimum atomic E-state index is -0.0402. The molecule has 2 aliphatic rings. The van der Waals surface area contributed by atoms with Gasteiger partial charge in [-0.1, -0.05) is 12.1 Å². The molecule has 0 bridgehead atoms. The molecule has 0 radical (unpaired) electrons. The van der Waals surface area contributed by atoms with E-state index in [1.165, 1.54) is 0 Å². The highest BCUT2D eigenvalue weighted by molar-refractivity contribution is 5.94. The Morgan fingerprint density at radius 3 is 2.66 bits per heavy atom. The monoisotopic (exact) mass is 432 g/mol. The predicted molar refractivity (Wildman–Crippen MR) is 120 cm³/mol. The Kier molecular flexibility index (Phi) is 5.51. The molecule has 2 aliphatic heterocycles. The summed E-state index contributed by atoms with van der Waals surface area (Å²) in [6.45, 7) is 2.98. The van der Waals surface area contributed by atoms with Crippen LogP contribution in [0.5, 0.6) is 17.4 Å². The lowest BCUT2D eigenvalue weighted by atomic mass is 10.0. The maximum absolute atomic E-state index is 11.8. The van der Waals surface area contributed by atoms with Gasteiger partial charge in [-0.3, -0.25) is 4.90 Å². The summed E-state index contributed by atoms with van der Waals surface area (Å²) < 4.78 is 16.5. The normalized spacial score (nSPS) is 14.5. The highest BCUT2D eigenvalue weighted by Crippen LogP contribution is 2.42. The molecule has 8 nitrogen and oxygen atoms in total. The predicted octanol–water partition coefficient (Wildman–Crippen LogP) is 3.31. The van der Waals surface area contributed by atoms with Gasteiger partial charge in [-0.05, 0) is 41.5 Å². The van der Waals surface area contributed by atoms with E-state index in [0.717, 1.165) is 39.4 Å². The molecule has 1 saturated heterocycles. The van der Waals surface area contributed by atoms with Crippen molar-refractivity contribution < 1.29 is 19.0 Å². The van der Waals surface area contributed by atoms with E-state index in [9.17, 15) is 4.79 Å². The van der Waals surface area contributed by atoms with Crippen LogP contribution < -0.4 is 29.7 Å². The first-order chi connectivity index (χ1) is 15.7. The minimum absolute atomic E-state index is 0.0402. The van der Waals surface area contributed by atoms with Crippen molar-refractivity contribution in [1.82, 2.24) is 15.6 Å². The van der Waals surface area contributed by atoms with Crippen LogP contribution in [0.25, 0.3) is 11.1 Å². The average Bonchev–Trinajstić information content (AvgIpc) is 3.48. The molecule has 32 heavy (non-hydrogen) atoms. The molecule has 1 fully saturated rings. The van der Waals surface area contributed by atoms with Crippen LogP contribution in [0.15, 0.2) is 54.7 Å². The highest BCUT2D eigenvalue weighted by atomic mass is 16.7. The molecule has 0 unspecified atom stereocenters. The summed E-state index contributed by atoms with van der Waals surface area (Å²) in [7, 11) is 1.60. The van der Waals surface area contributed by atoms with Crippen LogP contribution in [0.1, 0.15) is 11.1 Å². The molecule has 3 heterocycles. The third kappa shape index (κ3) is 4.04. The van der Waals surface area contributed by atoms with Gasteiger partial charge in [0.05, 0.1) is 7.11 Å². The van der Waals surface area contributed by atoms with Gasteiger partial charge in [-0.2, -0.15) is 0 Å². The Labute approximate surface area is 186 Å². The third-order valence-electron chi connectivity index (χ3n) is 5.55. The van der Waals surface area contributed by atoms with Crippen molar-refractivity contribution in [3.05, 3.63) is 65.9 Å². The lowest BCUT2D eigenvalue weighted by Crippen LogP contribution is -2.27. The molecule has 5 rings (SSSR count). The number of carbonyl (C=O) groups is 1. The summed E-state index contributed by atoms with van der Waals surface area (Å²) in [6.07, 6.45) is 1.77. The molecule has 2 aromatic carbocycles. The van der Waals surface area contributed by atoms with Crippen molar-refractivity contribution in [3.8, 4) is 28.5 Å². The van der Waals surface area contributed by atoms with Gasteiger partial charge in [-0.25, -0.2) is 9.78 Å². The SMILES string of the molecule is COc1ccc(-c2cc(CNCc3ccc(N4CCNC4=O)cc3)cc3c2OCO3)cn1. The number of carbonyl (C=O) groups excluding carboxylic acids is 1. The van der Waals surface area contributed by atoms with Crippen LogP contribution >= 0.6 is 0 Å². The number of aromatic nitrogens is 1. The molecular formula is C24H24N4O4. The second kappa shape index (κ2) is 8.76. The van der Waals surface area contributed by atoms with Crippen LogP contribution in [0.4, 0.5) is 10.5 Å². The molecule has 0 spiro atoms. The summed E-state index contributed by atoms with van der Waals surface area (Å²) >= 11 is 0. The summed E-state index contributed by atoms with van der Waals surface area (Å²) in [4.78, 5) is 17.9. The number of benzene rings is 2. The molecule has 3 aromatic rings. The number of fused-ring (bicyclic) bond motifs is 1. The van der Waals surface area contributed by atoms with Crippen molar-refractivity contribution in [2.24, 2.45) is 0 Å². The number of pyridine rings is 1. The zero-order chi connectivity index (χ0) is 21.9. The van der Waals surface area contributed by atoms with E-state index in [-0.39, 0.29) is 12.8 Å². The topological polar surface area (TPSA) is 85.0 Å². The second-order valence-corrected chi connectivity index (χ2v) is 7.62. The van der Waals surface area contributed by atoms with Gasteiger partial charge in [0.25, 0.3) is 0 Å². The van der Waals surface area contributed by atoms with Crippen molar-refractivity contribution in [3.63, 3.8) is 0 Å². The van der Waals surface area contributed by atoms with Gasteiger partial charge in [0.2, 0.25) is 12.7 Å². The number of anilines is 1. The molecule has 0 atom stereocenters. The molecular weight excluding hydrogens is 408 g/mol. The van der Waals surface area contributed by atoms with Crippen molar-refractivity contribution in [1.29, 1.82) is 0 Å². The number of rotatable bonds is 7. The van der Waals surface area contributed by atoms with Crippen LogP contribution in [0, 0.1) is 0 Å². The molecule has 1 aromatic heterocycles. The summed E-state index contributed by atoms with van der Waals surface area (Å²) in [5.74, 6) is 2.04. The van der Waals surface area contributed by atoms with Crippen molar-refractivity contribution >= 4 is 11.7 Å². The van der Waals surface area contributed by atoms with E-state index < -0.39 is 0 Å². The Morgan fingerprint density at radius 1 is 1.09 bits per heavy atom. The van der Waals surface area contributed by atoms with Crippen LogP contribution in [-0.4, -0.2) is 38.0 Å². The largest absolute Gasteiger partial charge is 0.481 e. The van der Waals surface area contributed by atoms with E-state index in [1.807, 2.05) is 42.5 Å². The van der Waals surface area contributed by atoms with Gasteiger partial charge >= 0.3 is 6.03 Å². The second-order valence-electron chi connectivity index (χ2n) is 7.62. The van der Waals surface area contributed by atoms with Crippen LogP contribution in [0.2, 0.25) is 0 Å².